The van der Waals surface area contributed by atoms with Crippen LogP contribution in [0.1, 0.15) is 10.4 Å². The maximum Gasteiger partial charge on any atom is 0.259 e. The van der Waals surface area contributed by atoms with E-state index in [0.29, 0.717) is 5.52 Å². The van der Waals surface area contributed by atoms with E-state index >= 15 is 0 Å². The number of hydrogen-bond donors (Lipinski definition) is 1. The Morgan fingerprint density at radius 3 is 2.94 bits per heavy atom. The molecule has 5 heteroatoms. The van der Waals surface area contributed by atoms with Crippen LogP contribution in [0, 0.1) is 0 Å². The van der Waals surface area contributed by atoms with Gasteiger partial charge in [0.05, 0.1) is 11.1 Å². The van der Waals surface area contributed by atoms with Crippen LogP contribution < -0.4 is 5.56 Å². The van der Waals surface area contributed by atoms with Gasteiger partial charge in [0.2, 0.25) is 0 Å². The molecule has 0 aromatic carbocycles. The van der Waals surface area contributed by atoms with Crippen LogP contribution in [-0.2, 0) is 0 Å². The number of carbonyl (C=O) groups excluding carboxylic acids is 1. The number of nitrogens with zero attached hydrogens (tertiary/aromatic N) is 2. The lowest BCUT2D eigenvalue weighted by molar-refractivity contribution is 0.104. The number of pyridine rings is 2. The predicted molar refractivity (Wildman–Crippen MR) is 69.5 cm³/mol. The molecule has 0 bridgehead atoms. The second kappa shape index (κ2) is 4.83. The lowest BCUT2D eigenvalue weighted by atomic mass is 10.1. The molecule has 0 amide bonds. The topological polar surface area (TPSA) is 66.1 Å². The van der Waals surface area contributed by atoms with Gasteiger partial charge in [-0.2, -0.15) is 0 Å². The number of allylic oxidation sites excluding steroid dienone is 1. The van der Waals surface area contributed by atoms with Crippen molar-refractivity contribution in [2.24, 2.45) is 0 Å². The first kappa shape index (κ1) is 12.0. The summed E-state index contributed by atoms with van der Waals surface area (Å²) >= 11 is 0. The zero-order chi connectivity index (χ0) is 13.1. The summed E-state index contributed by atoms with van der Waals surface area (Å²) in [4.78, 5) is 32.0. The smallest absolute Gasteiger partial charge is 0.259 e. The number of rotatable bonds is 3. The average Bonchev–Trinajstić information content (AvgIpc) is 2.35. The number of carbonyl (C=O) groups is 1. The number of fused-ring (bicyclic) bond motifs is 1. The highest BCUT2D eigenvalue weighted by Gasteiger charge is 2.09. The SMILES string of the molecule is CN(C)/C=C/C(=O)c1cc2cnccc2[nH]c1=O. The maximum atomic E-state index is 11.9. The predicted octanol–water partition coefficient (Wildman–Crippen LogP) is 1.18. The van der Waals surface area contributed by atoms with Crippen LogP contribution in [0.25, 0.3) is 10.9 Å². The zero-order valence-corrected chi connectivity index (χ0v) is 10.2. The van der Waals surface area contributed by atoms with E-state index in [4.69, 9.17) is 0 Å². The maximum absolute atomic E-state index is 11.9. The molecular formula is C13H13N3O2. The molecule has 0 aliphatic heterocycles. The van der Waals surface area contributed by atoms with Crippen LogP contribution in [-0.4, -0.2) is 34.7 Å². The lowest BCUT2D eigenvalue weighted by Crippen LogP contribution is -2.16. The van der Waals surface area contributed by atoms with Crippen molar-refractivity contribution in [1.82, 2.24) is 14.9 Å². The van der Waals surface area contributed by atoms with E-state index in [9.17, 15) is 9.59 Å². The van der Waals surface area contributed by atoms with Crippen molar-refractivity contribution in [3.8, 4) is 0 Å². The minimum absolute atomic E-state index is 0.119. The van der Waals surface area contributed by atoms with Crippen LogP contribution >= 0.6 is 0 Å². The number of H-pyrrole nitrogens is 1. The van der Waals surface area contributed by atoms with Gasteiger partial charge in [-0.25, -0.2) is 0 Å². The van der Waals surface area contributed by atoms with Crippen molar-refractivity contribution in [3.63, 3.8) is 0 Å². The number of aromatic nitrogens is 2. The van der Waals surface area contributed by atoms with Crippen molar-refractivity contribution >= 4 is 16.7 Å². The van der Waals surface area contributed by atoms with E-state index in [0.717, 1.165) is 5.39 Å². The fraction of sp³-hybridized carbons (Fsp3) is 0.154. The van der Waals surface area contributed by atoms with Crippen molar-refractivity contribution < 1.29 is 4.79 Å². The molecule has 1 N–H and O–H groups in total. The van der Waals surface area contributed by atoms with Gasteiger partial charge in [0.1, 0.15) is 0 Å². The van der Waals surface area contributed by atoms with Gasteiger partial charge < -0.3 is 9.88 Å². The van der Waals surface area contributed by atoms with Crippen LogP contribution in [0.2, 0.25) is 0 Å². The van der Waals surface area contributed by atoms with Gasteiger partial charge in [-0.05, 0) is 12.1 Å². The molecular weight excluding hydrogens is 230 g/mol. The molecule has 0 unspecified atom stereocenters. The zero-order valence-electron chi connectivity index (χ0n) is 10.2. The third-order valence-electron chi connectivity index (χ3n) is 2.43. The van der Waals surface area contributed by atoms with Crippen molar-refractivity contribution in [2.45, 2.75) is 0 Å². The molecule has 18 heavy (non-hydrogen) atoms. The van der Waals surface area contributed by atoms with Gasteiger partial charge in [-0.1, -0.05) is 0 Å². The number of hydrogen-bond acceptors (Lipinski definition) is 4. The number of ketones is 1. The fourth-order valence-electron chi connectivity index (χ4n) is 1.54. The summed E-state index contributed by atoms with van der Waals surface area (Å²) in [6.45, 7) is 0. The van der Waals surface area contributed by atoms with Gasteiger partial charge in [0.25, 0.3) is 5.56 Å². The molecule has 0 spiro atoms. The summed E-state index contributed by atoms with van der Waals surface area (Å²) < 4.78 is 0. The third-order valence-corrected chi connectivity index (χ3v) is 2.43. The highest BCUT2D eigenvalue weighted by atomic mass is 16.1. The third kappa shape index (κ3) is 2.45. The first-order chi connectivity index (χ1) is 8.58. The van der Waals surface area contributed by atoms with E-state index in [1.165, 1.54) is 6.08 Å². The summed E-state index contributed by atoms with van der Waals surface area (Å²) in [6.07, 6.45) is 6.17. The van der Waals surface area contributed by atoms with Crippen LogP contribution in [0.4, 0.5) is 0 Å². The summed E-state index contributed by atoms with van der Waals surface area (Å²) in [5, 5.41) is 0.735. The van der Waals surface area contributed by atoms with Gasteiger partial charge >= 0.3 is 0 Å². The standard InChI is InChI=1S/C13H13N3O2/c1-16(2)6-4-12(17)10-7-9-8-14-5-3-11(9)15-13(10)18/h3-8H,1-2H3,(H,15,18)/b6-4+. The quantitative estimate of drug-likeness (QED) is 0.649. The molecule has 0 aliphatic carbocycles. The Balaban J connectivity index is 2.48. The highest BCUT2D eigenvalue weighted by Crippen LogP contribution is 2.09. The normalized spacial score (nSPS) is 11.0. The van der Waals surface area contributed by atoms with E-state index in [-0.39, 0.29) is 16.9 Å². The molecule has 5 nitrogen and oxygen atoms in total. The van der Waals surface area contributed by atoms with E-state index < -0.39 is 0 Å². The second-order valence-corrected chi connectivity index (χ2v) is 4.12. The molecule has 0 aliphatic rings. The fourth-order valence-corrected chi connectivity index (χ4v) is 1.54. The molecule has 2 rings (SSSR count). The Kier molecular flexibility index (Phi) is 3.23. The molecule has 0 saturated carbocycles. The van der Waals surface area contributed by atoms with E-state index in [1.807, 2.05) is 0 Å². The molecule has 2 heterocycles. The van der Waals surface area contributed by atoms with Crippen LogP contribution in [0.15, 0.2) is 41.6 Å². The lowest BCUT2D eigenvalue weighted by Gasteiger charge is -2.03. The Labute approximate surface area is 104 Å². The largest absolute Gasteiger partial charge is 0.383 e. The Bertz CT molecular complexity index is 671. The van der Waals surface area contributed by atoms with Gasteiger partial charge in [0.15, 0.2) is 5.78 Å². The molecule has 0 fully saturated rings. The summed E-state index contributed by atoms with van der Waals surface area (Å²) in [5.74, 6) is -0.323. The van der Waals surface area contributed by atoms with Crippen LogP contribution in [0.5, 0.6) is 0 Å². The summed E-state index contributed by atoms with van der Waals surface area (Å²) in [7, 11) is 3.61. The average molecular weight is 243 g/mol. The Morgan fingerprint density at radius 2 is 2.22 bits per heavy atom. The van der Waals surface area contributed by atoms with Gasteiger partial charge in [-0.3, -0.25) is 14.6 Å². The molecule has 2 aromatic rings. The van der Waals surface area contributed by atoms with Gasteiger partial charge in [-0.15, -0.1) is 0 Å². The van der Waals surface area contributed by atoms with Crippen molar-refractivity contribution in [3.05, 3.63) is 52.7 Å². The first-order valence-electron chi connectivity index (χ1n) is 5.44. The number of aromatic amines is 1. The minimum Gasteiger partial charge on any atom is -0.383 e. The summed E-state index contributed by atoms with van der Waals surface area (Å²) in [5.41, 5.74) is 0.402. The summed E-state index contributed by atoms with van der Waals surface area (Å²) in [6, 6.07) is 3.25. The van der Waals surface area contributed by atoms with Crippen molar-refractivity contribution in [1.29, 1.82) is 0 Å². The molecule has 0 radical (unpaired) electrons. The second-order valence-electron chi connectivity index (χ2n) is 4.12. The highest BCUT2D eigenvalue weighted by molar-refractivity contribution is 6.05. The Hall–Kier alpha value is -2.43. The Morgan fingerprint density at radius 1 is 1.44 bits per heavy atom. The molecule has 0 saturated heterocycles. The van der Waals surface area contributed by atoms with Crippen molar-refractivity contribution in [2.75, 3.05) is 14.1 Å². The monoisotopic (exact) mass is 243 g/mol. The molecule has 92 valence electrons. The molecule has 2 aromatic heterocycles. The molecule has 0 atom stereocenters. The van der Waals surface area contributed by atoms with Crippen LogP contribution in [0.3, 0.4) is 0 Å². The number of nitrogens with one attached hydrogen (secondary N) is 1. The van der Waals surface area contributed by atoms with Gasteiger partial charge in [0, 0.05) is 44.2 Å². The minimum atomic E-state index is -0.387. The van der Waals surface area contributed by atoms with E-state index in [1.54, 1.807) is 49.7 Å². The van der Waals surface area contributed by atoms with E-state index in [2.05, 4.69) is 9.97 Å². The first-order valence-corrected chi connectivity index (χ1v) is 5.44.